The Morgan fingerprint density at radius 3 is 1.26 bits per heavy atom. The van der Waals surface area contributed by atoms with Gasteiger partial charge in [-0.15, -0.1) is 0 Å². The summed E-state index contributed by atoms with van der Waals surface area (Å²) in [5.41, 5.74) is 0. The minimum Gasteiger partial charge on any atom is -0.465 e. The van der Waals surface area contributed by atoms with Crippen molar-refractivity contribution in [1.29, 1.82) is 0 Å². The van der Waals surface area contributed by atoms with Gasteiger partial charge in [-0.2, -0.15) is 0 Å². The van der Waals surface area contributed by atoms with E-state index in [1.54, 1.807) is 0 Å². The van der Waals surface area contributed by atoms with E-state index in [2.05, 4.69) is 41.5 Å². The monoisotopic (exact) mass is 384 g/mol. The topological polar surface area (TPSA) is 52.6 Å². The second kappa shape index (κ2) is 15.9. The highest BCUT2D eigenvalue weighted by atomic mass is 16.6. The Bertz CT molecular complexity index is 350. The van der Waals surface area contributed by atoms with E-state index < -0.39 is 11.9 Å². The minimum atomic E-state index is -0.473. The summed E-state index contributed by atoms with van der Waals surface area (Å²) < 4.78 is 10.5. The van der Waals surface area contributed by atoms with E-state index in [0.717, 1.165) is 24.7 Å². The van der Waals surface area contributed by atoms with Gasteiger partial charge in [-0.1, -0.05) is 80.1 Å². The maximum absolute atomic E-state index is 11.8. The molecule has 0 rings (SSSR count). The third-order valence-corrected chi connectivity index (χ3v) is 5.79. The van der Waals surface area contributed by atoms with Gasteiger partial charge >= 0.3 is 11.9 Å². The average Bonchev–Trinajstić information content (AvgIpc) is 2.66. The lowest BCUT2D eigenvalue weighted by Crippen LogP contribution is -2.19. The second-order valence-electron chi connectivity index (χ2n) is 8.27. The first-order chi connectivity index (χ1) is 12.9. The van der Waals surface area contributed by atoms with Crippen molar-refractivity contribution in [1.82, 2.24) is 0 Å². The molecule has 0 radical (unpaired) electrons. The summed E-state index contributed by atoms with van der Waals surface area (Å²) >= 11 is 0. The summed E-state index contributed by atoms with van der Waals surface area (Å²) in [6.45, 7) is 13.8. The number of hydrogen-bond donors (Lipinski definition) is 0. The zero-order valence-electron chi connectivity index (χ0n) is 18.7. The fraction of sp³-hybridized carbons (Fsp3) is 0.913. The first-order valence-electron chi connectivity index (χ1n) is 11.2. The van der Waals surface area contributed by atoms with Gasteiger partial charge in [-0.05, 0) is 36.5 Å². The highest BCUT2D eigenvalue weighted by Crippen LogP contribution is 2.19. The Morgan fingerprint density at radius 1 is 0.630 bits per heavy atom. The molecule has 2 unspecified atom stereocenters. The predicted octanol–water partition coefficient (Wildman–Crippen LogP) is 6.17. The van der Waals surface area contributed by atoms with E-state index in [-0.39, 0.29) is 6.42 Å². The summed E-state index contributed by atoms with van der Waals surface area (Å²) in [6, 6.07) is 0. The highest BCUT2D eigenvalue weighted by molar-refractivity contribution is 5.91. The van der Waals surface area contributed by atoms with Crippen molar-refractivity contribution >= 4 is 11.9 Å². The van der Waals surface area contributed by atoms with Crippen LogP contribution in [0.3, 0.4) is 0 Å². The van der Waals surface area contributed by atoms with Gasteiger partial charge in [0, 0.05) is 0 Å². The van der Waals surface area contributed by atoms with Crippen molar-refractivity contribution in [2.75, 3.05) is 13.2 Å². The van der Waals surface area contributed by atoms with Crippen molar-refractivity contribution in [3.63, 3.8) is 0 Å². The molecule has 0 aliphatic heterocycles. The molecule has 0 aromatic heterocycles. The molecule has 4 nitrogen and oxygen atoms in total. The third kappa shape index (κ3) is 13.7. The molecular formula is C23H44O4. The van der Waals surface area contributed by atoms with Crippen LogP contribution in [0, 0.1) is 23.7 Å². The molecule has 0 aliphatic carbocycles. The summed E-state index contributed by atoms with van der Waals surface area (Å²) in [4.78, 5) is 23.6. The van der Waals surface area contributed by atoms with Crippen LogP contribution in [0.4, 0.5) is 0 Å². The highest BCUT2D eigenvalue weighted by Gasteiger charge is 2.16. The molecule has 0 aromatic carbocycles. The van der Waals surface area contributed by atoms with E-state index >= 15 is 0 Å². The lowest BCUT2D eigenvalue weighted by Gasteiger charge is -2.17. The normalized spacial score (nSPS) is 13.6. The smallest absolute Gasteiger partial charge is 0.317 e. The van der Waals surface area contributed by atoms with Gasteiger partial charge in [0.1, 0.15) is 6.42 Å². The summed E-state index contributed by atoms with van der Waals surface area (Å²) in [6.07, 6.45) is 8.96. The van der Waals surface area contributed by atoms with Crippen LogP contribution in [-0.2, 0) is 19.1 Å². The minimum absolute atomic E-state index is 0.279. The molecule has 0 aliphatic rings. The van der Waals surface area contributed by atoms with E-state index in [9.17, 15) is 9.59 Å². The van der Waals surface area contributed by atoms with Gasteiger partial charge in [0.25, 0.3) is 0 Å². The second-order valence-corrected chi connectivity index (χ2v) is 8.27. The molecule has 0 heterocycles. The number of carbonyl (C=O) groups excluding carboxylic acids is 2. The molecular weight excluding hydrogens is 340 g/mol. The fourth-order valence-electron chi connectivity index (χ4n) is 3.29. The Balaban J connectivity index is 3.89. The van der Waals surface area contributed by atoms with Crippen molar-refractivity contribution in [3.05, 3.63) is 0 Å². The maximum atomic E-state index is 11.8. The maximum Gasteiger partial charge on any atom is 0.317 e. The van der Waals surface area contributed by atoms with Gasteiger partial charge < -0.3 is 9.47 Å². The van der Waals surface area contributed by atoms with Crippen molar-refractivity contribution in [2.45, 2.75) is 99.3 Å². The number of esters is 2. The Hall–Kier alpha value is -1.06. The number of rotatable bonds is 16. The molecule has 0 saturated carbocycles. The molecule has 0 amide bonds. The summed E-state index contributed by atoms with van der Waals surface area (Å²) in [5, 5.41) is 0. The summed E-state index contributed by atoms with van der Waals surface area (Å²) in [5.74, 6) is 1.22. The van der Waals surface area contributed by atoms with E-state index in [4.69, 9.17) is 9.47 Å². The zero-order chi connectivity index (χ0) is 20.7. The van der Waals surface area contributed by atoms with Crippen LogP contribution in [-0.4, -0.2) is 25.2 Å². The van der Waals surface area contributed by atoms with E-state index in [0.29, 0.717) is 25.0 Å². The number of carbonyl (C=O) groups is 2. The molecule has 0 saturated heterocycles. The van der Waals surface area contributed by atoms with Crippen LogP contribution in [0.1, 0.15) is 99.3 Å². The quantitative estimate of drug-likeness (QED) is 0.236. The van der Waals surface area contributed by atoms with Crippen LogP contribution in [0.5, 0.6) is 0 Å². The van der Waals surface area contributed by atoms with E-state index in [1.807, 2.05) is 0 Å². The molecule has 0 fully saturated rings. The molecule has 2 atom stereocenters. The van der Waals surface area contributed by atoms with Gasteiger partial charge in [0.15, 0.2) is 0 Å². The Kier molecular flexibility index (Phi) is 15.3. The van der Waals surface area contributed by atoms with Crippen LogP contribution < -0.4 is 0 Å². The van der Waals surface area contributed by atoms with Crippen molar-refractivity contribution < 1.29 is 19.1 Å². The van der Waals surface area contributed by atoms with E-state index in [1.165, 1.54) is 38.5 Å². The molecule has 0 bridgehead atoms. The van der Waals surface area contributed by atoms with Crippen LogP contribution >= 0.6 is 0 Å². The van der Waals surface area contributed by atoms with Gasteiger partial charge in [-0.3, -0.25) is 9.59 Å². The molecule has 0 N–H and O–H groups in total. The third-order valence-electron chi connectivity index (χ3n) is 5.79. The predicted molar refractivity (Wildman–Crippen MR) is 111 cm³/mol. The number of ether oxygens (including phenoxy) is 2. The van der Waals surface area contributed by atoms with Crippen LogP contribution in [0.25, 0.3) is 0 Å². The molecule has 0 aromatic rings. The standard InChI is InChI=1S/C23H44O4/c1-7-20(8-2)13-11-18(5)16-26-22(24)15-23(25)27-17-19(6)12-14-21(9-3)10-4/h18-21H,7-17H2,1-6H3. The lowest BCUT2D eigenvalue weighted by molar-refractivity contribution is -0.156. The zero-order valence-corrected chi connectivity index (χ0v) is 18.7. The Labute approximate surface area is 167 Å². The number of hydrogen-bond acceptors (Lipinski definition) is 4. The van der Waals surface area contributed by atoms with Crippen molar-refractivity contribution in [3.8, 4) is 0 Å². The molecule has 0 spiro atoms. The van der Waals surface area contributed by atoms with Crippen molar-refractivity contribution in [2.24, 2.45) is 23.7 Å². The van der Waals surface area contributed by atoms with Gasteiger partial charge in [0.2, 0.25) is 0 Å². The average molecular weight is 385 g/mol. The van der Waals surface area contributed by atoms with Crippen LogP contribution in [0.2, 0.25) is 0 Å². The SMILES string of the molecule is CCC(CC)CCC(C)COC(=O)CC(=O)OCC(C)CCC(CC)CC. The Morgan fingerprint density at radius 2 is 0.963 bits per heavy atom. The largest absolute Gasteiger partial charge is 0.465 e. The first kappa shape index (κ1) is 25.9. The van der Waals surface area contributed by atoms with Crippen LogP contribution in [0.15, 0.2) is 0 Å². The first-order valence-corrected chi connectivity index (χ1v) is 11.2. The molecule has 4 heteroatoms. The summed E-state index contributed by atoms with van der Waals surface area (Å²) in [7, 11) is 0. The fourth-order valence-corrected chi connectivity index (χ4v) is 3.29. The van der Waals surface area contributed by atoms with Gasteiger partial charge in [-0.25, -0.2) is 0 Å². The molecule has 160 valence electrons. The lowest BCUT2D eigenvalue weighted by atomic mass is 9.93. The van der Waals surface area contributed by atoms with Gasteiger partial charge in [0.05, 0.1) is 13.2 Å². The molecule has 27 heavy (non-hydrogen) atoms.